The van der Waals surface area contributed by atoms with Crippen LogP contribution in [0.1, 0.15) is 48.0 Å². The highest BCUT2D eigenvalue weighted by molar-refractivity contribution is 5.93. The summed E-state index contributed by atoms with van der Waals surface area (Å²) >= 11 is 0. The summed E-state index contributed by atoms with van der Waals surface area (Å²) in [4.78, 5) is 25.8. The van der Waals surface area contributed by atoms with Crippen molar-refractivity contribution in [3.8, 4) is 0 Å². The van der Waals surface area contributed by atoms with Crippen LogP contribution in [0.15, 0.2) is 0 Å². The van der Waals surface area contributed by atoms with Crippen LogP contribution in [0.4, 0.5) is 0 Å². The van der Waals surface area contributed by atoms with Crippen LogP contribution in [-0.2, 0) is 9.59 Å². The number of carbonyl (C=O) groups is 2. The summed E-state index contributed by atoms with van der Waals surface area (Å²) in [6, 6.07) is 0.113. The molecule has 0 aromatic heterocycles. The third-order valence-corrected chi connectivity index (χ3v) is 3.55. The van der Waals surface area contributed by atoms with E-state index in [2.05, 4.69) is 26.1 Å². The van der Waals surface area contributed by atoms with Crippen LogP contribution < -0.4 is 5.32 Å². The van der Waals surface area contributed by atoms with Gasteiger partial charge in [0.2, 0.25) is 11.8 Å². The minimum absolute atomic E-state index is 0.00535. The van der Waals surface area contributed by atoms with Gasteiger partial charge in [-0.05, 0) is 26.2 Å². The molecule has 1 rings (SSSR count). The van der Waals surface area contributed by atoms with Crippen molar-refractivity contribution in [3.05, 3.63) is 0 Å². The van der Waals surface area contributed by atoms with E-state index in [0.29, 0.717) is 13.0 Å². The lowest BCUT2D eigenvalue weighted by molar-refractivity contribution is -0.141. The van der Waals surface area contributed by atoms with Crippen molar-refractivity contribution in [2.45, 2.75) is 59.5 Å². The number of hydrogen-bond donors (Lipinski definition) is 1. The highest BCUT2D eigenvalue weighted by atomic mass is 16.2. The SMILES string of the molecule is CC(N1CCC(=O)NC(C)(C)C1=O)C(C)(C)C. The van der Waals surface area contributed by atoms with E-state index in [0.717, 1.165) is 0 Å². The standard InChI is InChI=1S/C13H24N2O2/c1-9(12(2,3)4)15-8-7-10(16)14-13(5,6)11(15)17/h9H,7-8H2,1-6H3,(H,14,16). The fourth-order valence-electron chi connectivity index (χ4n) is 1.98. The molecule has 1 heterocycles. The Morgan fingerprint density at radius 3 is 2.29 bits per heavy atom. The Kier molecular flexibility index (Phi) is 3.55. The minimum atomic E-state index is -0.799. The Balaban J connectivity index is 3.00. The van der Waals surface area contributed by atoms with Gasteiger partial charge >= 0.3 is 0 Å². The molecule has 17 heavy (non-hydrogen) atoms. The first-order valence-corrected chi connectivity index (χ1v) is 6.18. The summed E-state index contributed by atoms with van der Waals surface area (Å²) in [6.45, 7) is 12.4. The molecule has 98 valence electrons. The van der Waals surface area contributed by atoms with Crippen LogP contribution in [0, 0.1) is 5.41 Å². The van der Waals surface area contributed by atoms with Gasteiger partial charge in [-0.25, -0.2) is 0 Å². The molecule has 2 amide bonds. The molecule has 1 atom stereocenters. The van der Waals surface area contributed by atoms with E-state index in [1.54, 1.807) is 13.8 Å². The molecule has 0 aliphatic carbocycles. The minimum Gasteiger partial charge on any atom is -0.342 e. The molecular formula is C13H24N2O2. The number of nitrogens with zero attached hydrogens (tertiary/aromatic N) is 1. The van der Waals surface area contributed by atoms with Crippen LogP contribution in [0.25, 0.3) is 0 Å². The molecule has 1 fully saturated rings. The van der Waals surface area contributed by atoms with E-state index in [4.69, 9.17) is 0 Å². The maximum Gasteiger partial charge on any atom is 0.248 e. The largest absolute Gasteiger partial charge is 0.342 e. The molecule has 0 radical (unpaired) electrons. The van der Waals surface area contributed by atoms with E-state index >= 15 is 0 Å². The summed E-state index contributed by atoms with van der Waals surface area (Å²) in [5, 5.41) is 2.77. The molecule has 1 N–H and O–H groups in total. The Morgan fingerprint density at radius 1 is 1.29 bits per heavy atom. The van der Waals surface area contributed by atoms with E-state index in [-0.39, 0.29) is 23.3 Å². The van der Waals surface area contributed by atoms with Gasteiger partial charge in [0.25, 0.3) is 0 Å². The van der Waals surface area contributed by atoms with Gasteiger partial charge in [-0.3, -0.25) is 9.59 Å². The average molecular weight is 240 g/mol. The van der Waals surface area contributed by atoms with Gasteiger partial charge in [-0.15, -0.1) is 0 Å². The molecule has 1 saturated heterocycles. The maximum absolute atomic E-state index is 12.4. The van der Waals surface area contributed by atoms with Crippen molar-refractivity contribution in [3.63, 3.8) is 0 Å². The Labute approximate surface area is 104 Å². The highest BCUT2D eigenvalue weighted by Gasteiger charge is 2.40. The van der Waals surface area contributed by atoms with Gasteiger partial charge in [0.05, 0.1) is 0 Å². The van der Waals surface area contributed by atoms with E-state index < -0.39 is 5.54 Å². The summed E-state index contributed by atoms with van der Waals surface area (Å²) in [6.07, 6.45) is 0.385. The summed E-state index contributed by atoms with van der Waals surface area (Å²) < 4.78 is 0. The van der Waals surface area contributed by atoms with Crippen molar-refractivity contribution in [1.82, 2.24) is 10.2 Å². The number of nitrogens with one attached hydrogen (secondary N) is 1. The van der Waals surface area contributed by atoms with Crippen molar-refractivity contribution in [1.29, 1.82) is 0 Å². The zero-order chi connectivity index (χ0) is 13.4. The predicted molar refractivity (Wildman–Crippen MR) is 67.5 cm³/mol. The van der Waals surface area contributed by atoms with Crippen LogP contribution in [0.2, 0.25) is 0 Å². The first kappa shape index (κ1) is 14.0. The van der Waals surface area contributed by atoms with Gasteiger partial charge < -0.3 is 10.2 Å². The highest BCUT2D eigenvalue weighted by Crippen LogP contribution is 2.27. The Hall–Kier alpha value is -1.06. The lowest BCUT2D eigenvalue weighted by Gasteiger charge is -2.39. The van der Waals surface area contributed by atoms with Crippen molar-refractivity contribution >= 4 is 11.8 Å². The van der Waals surface area contributed by atoms with Crippen LogP contribution in [0.5, 0.6) is 0 Å². The normalized spacial score (nSPS) is 23.1. The summed E-state index contributed by atoms with van der Waals surface area (Å²) in [7, 11) is 0. The maximum atomic E-state index is 12.4. The molecular weight excluding hydrogens is 216 g/mol. The van der Waals surface area contributed by atoms with Gasteiger partial charge in [0.1, 0.15) is 5.54 Å². The van der Waals surface area contributed by atoms with Gasteiger partial charge in [0, 0.05) is 19.0 Å². The number of rotatable bonds is 1. The van der Waals surface area contributed by atoms with Crippen molar-refractivity contribution in [2.75, 3.05) is 6.54 Å². The fourth-order valence-corrected chi connectivity index (χ4v) is 1.98. The number of carbonyl (C=O) groups excluding carboxylic acids is 2. The van der Waals surface area contributed by atoms with Crippen molar-refractivity contribution < 1.29 is 9.59 Å². The van der Waals surface area contributed by atoms with Crippen LogP contribution in [0.3, 0.4) is 0 Å². The third kappa shape index (κ3) is 2.99. The Bertz CT molecular complexity index is 329. The Morgan fingerprint density at radius 2 is 1.82 bits per heavy atom. The second-order valence-electron chi connectivity index (χ2n) is 6.46. The molecule has 4 nitrogen and oxygen atoms in total. The van der Waals surface area contributed by atoms with Crippen molar-refractivity contribution in [2.24, 2.45) is 5.41 Å². The second kappa shape index (κ2) is 4.31. The molecule has 1 aliphatic heterocycles. The fraction of sp³-hybridized carbons (Fsp3) is 0.846. The second-order valence-corrected chi connectivity index (χ2v) is 6.46. The molecule has 0 aromatic carbocycles. The third-order valence-electron chi connectivity index (χ3n) is 3.55. The first-order chi connectivity index (χ1) is 7.55. The number of hydrogen-bond acceptors (Lipinski definition) is 2. The van der Waals surface area contributed by atoms with E-state index in [1.165, 1.54) is 0 Å². The smallest absolute Gasteiger partial charge is 0.248 e. The van der Waals surface area contributed by atoms with Gasteiger partial charge in [0.15, 0.2) is 0 Å². The van der Waals surface area contributed by atoms with Crippen LogP contribution in [-0.4, -0.2) is 34.8 Å². The van der Waals surface area contributed by atoms with Gasteiger partial charge in [-0.2, -0.15) is 0 Å². The quantitative estimate of drug-likeness (QED) is 0.756. The summed E-state index contributed by atoms with van der Waals surface area (Å²) in [5.74, 6) is -0.0438. The molecule has 0 saturated carbocycles. The lowest BCUT2D eigenvalue weighted by Crippen LogP contribution is -2.56. The zero-order valence-corrected chi connectivity index (χ0v) is 11.8. The van der Waals surface area contributed by atoms with Gasteiger partial charge in [-0.1, -0.05) is 20.8 Å². The topological polar surface area (TPSA) is 49.4 Å². The summed E-state index contributed by atoms with van der Waals surface area (Å²) in [5.41, 5.74) is -0.785. The monoisotopic (exact) mass is 240 g/mol. The molecule has 4 heteroatoms. The molecule has 1 aliphatic rings. The number of amides is 2. The van der Waals surface area contributed by atoms with Crippen LogP contribution >= 0.6 is 0 Å². The molecule has 0 aromatic rings. The molecule has 0 spiro atoms. The predicted octanol–water partition coefficient (Wildman–Crippen LogP) is 1.55. The molecule has 1 unspecified atom stereocenters. The zero-order valence-electron chi connectivity index (χ0n) is 11.8. The van der Waals surface area contributed by atoms with E-state index in [9.17, 15) is 9.59 Å². The average Bonchev–Trinajstić information content (AvgIpc) is 2.23. The first-order valence-electron chi connectivity index (χ1n) is 6.18. The lowest BCUT2D eigenvalue weighted by atomic mass is 9.86. The van der Waals surface area contributed by atoms with E-state index in [1.807, 2.05) is 11.8 Å². The molecule has 0 bridgehead atoms.